The Balaban J connectivity index is 2.49. The van der Waals surface area contributed by atoms with Crippen LogP contribution in [0.3, 0.4) is 0 Å². The molecular weight excluding hydrogens is 114 g/mol. The molecule has 1 atom stereocenters. The van der Waals surface area contributed by atoms with Crippen molar-refractivity contribution in [2.24, 2.45) is 11.1 Å². The normalized spacial score (nSPS) is 34.3. The number of hydrogen-bond donors (Lipinski definition) is 1. The van der Waals surface area contributed by atoms with Crippen molar-refractivity contribution in [3.8, 4) is 0 Å². The van der Waals surface area contributed by atoms with Crippen LogP contribution >= 0.6 is 0 Å². The van der Waals surface area contributed by atoms with E-state index in [4.69, 9.17) is 10.5 Å². The van der Waals surface area contributed by atoms with E-state index in [2.05, 4.69) is 13.8 Å². The van der Waals surface area contributed by atoms with Gasteiger partial charge in [0.25, 0.3) is 0 Å². The van der Waals surface area contributed by atoms with E-state index in [1.54, 1.807) is 0 Å². The largest absolute Gasteiger partial charge is 0.380 e. The fourth-order valence-electron chi connectivity index (χ4n) is 0.957. The Morgan fingerprint density at radius 3 is 2.56 bits per heavy atom. The maximum absolute atomic E-state index is 5.79. The van der Waals surface area contributed by atoms with Crippen LogP contribution < -0.4 is 5.73 Å². The molecular formula is C7H15NO. The maximum Gasteiger partial charge on any atom is 0.0622 e. The van der Waals surface area contributed by atoms with E-state index < -0.39 is 0 Å². The van der Waals surface area contributed by atoms with E-state index >= 15 is 0 Å². The minimum atomic E-state index is 0.228. The summed E-state index contributed by atoms with van der Waals surface area (Å²) >= 11 is 0. The number of nitrogens with two attached hydrogens (primary N) is 1. The zero-order valence-corrected chi connectivity index (χ0v) is 6.18. The van der Waals surface area contributed by atoms with Crippen LogP contribution in [0.15, 0.2) is 0 Å². The van der Waals surface area contributed by atoms with Gasteiger partial charge in [0.1, 0.15) is 0 Å². The Morgan fingerprint density at radius 2 is 2.22 bits per heavy atom. The van der Waals surface area contributed by atoms with Gasteiger partial charge in [0.15, 0.2) is 0 Å². The van der Waals surface area contributed by atoms with Gasteiger partial charge in [-0.3, -0.25) is 0 Å². The molecule has 54 valence electrons. The first-order chi connectivity index (χ1) is 4.13. The maximum atomic E-state index is 5.79. The van der Waals surface area contributed by atoms with Crippen LogP contribution in [-0.4, -0.2) is 19.3 Å². The monoisotopic (exact) mass is 129 g/mol. The lowest BCUT2D eigenvalue weighted by atomic mass is 9.81. The smallest absolute Gasteiger partial charge is 0.0622 e. The highest BCUT2D eigenvalue weighted by Gasteiger charge is 2.29. The second-order valence-electron chi connectivity index (χ2n) is 3.42. The average molecular weight is 129 g/mol. The molecule has 0 spiro atoms. The first-order valence-corrected chi connectivity index (χ1v) is 3.46. The van der Waals surface area contributed by atoms with Gasteiger partial charge in [-0.25, -0.2) is 0 Å². The second kappa shape index (κ2) is 2.27. The van der Waals surface area contributed by atoms with Crippen LogP contribution in [0, 0.1) is 5.41 Å². The summed E-state index contributed by atoms with van der Waals surface area (Å²) in [6.45, 7) is 5.99. The molecule has 1 rings (SSSR count). The lowest BCUT2D eigenvalue weighted by molar-refractivity contribution is 0.0132. The van der Waals surface area contributed by atoms with E-state index in [1.165, 1.54) is 0 Å². The number of rotatable bonds is 0. The van der Waals surface area contributed by atoms with Gasteiger partial charge in [-0.05, 0) is 11.8 Å². The van der Waals surface area contributed by atoms with Gasteiger partial charge in [-0.15, -0.1) is 0 Å². The van der Waals surface area contributed by atoms with Crippen molar-refractivity contribution < 1.29 is 4.74 Å². The molecule has 2 heteroatoms. The van der Waals surface area contributed by atoms with Crippen molar-refractivity contribution in [3.63, 3.8) is 0 Å². The summed E-state index contributed by atoms with van der Waals surface area (Å²) in [5.41, 5.74) is 6.08. The van der Waals surface area contributed by atoms with E-state index in [-0.39, 0.29) is 11.5 Å². The lowest BCUT2D eigenvalue weighted by Crippen LogP contribution is -2.45. The van der Waals surface area contributed by atoms with Gasteiger partial charge in [-0.2, -0.15) is 0 Å². The van der Waals surface area contributed by atoms with Crippen molar-refractivity contribution in [2.45, 2.75) is 26.3 Å². The Hall–Kier alpha value is -0.0800. The molecule has 1 unspecified atom stereocenters. The first-order valence-electron chi connectivity index (χ1n) is 3.46. The predicted octanol–water partition coefficient (Wildman–Crippen LogP) is 0.760. The van der Waals surface area contributed by atoms with Crippen molar-refractivity contribution in [3.05, 3.63) is 0 Å². The molecule has 0 aromatic carbocycles. The molecule has 0 radical (unpaired) electrons. The van der Waals surface area contributed by atoms with Crippen molar-refractivity contribution in [1.29, 1.82) is 0 Å². The molecule has 1 heterocycles. The average Bonchev–Trinajstić information content (AvgIpc) is 1.77. The van der Waals surface area contributed by atoms with E-state index in [9.17, 15) is 0 Å². The van der Waals surface area contributed by atoms with Gasteiger partial charge < -0.3 is 10.5 Å². The van der Waals surface area contributed by atoms with Gasteiger partial charge >= 0.3 is 0 Å². The summed E-state index contributed by atoms with van der Waals surface area (Å²) in [5, 5.41) is 0. The number of ether oxygens (including phenoxy) is 1. The lowest BCUT2D eigenvalue weighted by Gasteiger charge is -2.35. The standard InChI is InChI=1S/C7H15NO/c1-7(2)3-4-9-5-6(7)8/h6H,3-5,8H2,1-2H3. The molecule has 0 bridgehead atoms. The van der Waals surface area contributed by atoms with Crippen LogP contribution in [-0.2, 0) is 4.74 Å². The van der Waals surface area contributed by atoms with Crippen molar-refractivity contribution in [2.75, 3.05) is 13.2 Å². The Bertz CT molecular complexity index is 101. The minimum Gasteiger partial charge on any atom is -0.380 e. The third-order valence-electron chi connectivity index (χ3n) is 2.19. The second-order valence-corrected chi connectivity index (χ2v) is 3.42. The molecule has 1 aliphatic heterocycles. The Morgan fingerprint density at radius 1 is 1.56 bits per heavy atom. The highest BCUT2D eigenvalue weighted by Crippen LogP contribution is 2.27. The fraction of sp³-hybridized carbons (Fsp3) is 1.00. The fourth-order valence-corrected chi connectivity index (χ4v) is 0.957. The Kier molecular flexibility index (Phi) is 1.78. The number of hydrogen-bond acceptors (Lipinski definition) is 2. The van der Waals surface area contributed by atoms with Gasteiger partial charge in [0.05, 0.1) is 6.61 Å². The van der Waals surface area contributed by atoms with Crippen LogP contribution in [0.25, 0.3) is 0 Å². The summed E-state index contributed by atoms with van der Waals surface area (Å²) in [7, 11) is 0. The van der Waals surface area contributed by atoms with E-state index in [0.717, 1.165) is 19.6 Å². The molecule has 0 saturated carbocycles. The van der Waals surface area contributed by atoms with Crippen LogP contribution in [0.5, 0.6) is 0 Å². The predicted molar refractivity (Wildman–Crippen MR) is 37.2 cm³/mol. The third kappa shape index (κ3) is 1.43. The molecule has 2 nitrogen and oxygen atoms in total. The van der Waals surface area contributed by atoms with E-state index in [0.29, 0.717) is 0 Å². The van der Waals surface area contributed by atoms with E-state index in [1.807, 2.05) is 0 Å². The summed E-state index contributed by atoms with van der Waals surface area (Å²) in [4.78, 5) is 0. The minimum absolute atomic E-state index is 0.228. The van der Waals surface area contributed by atoms with Gasteiger partial charge in [0, 0.05) is 12.6 Å². The quantitative estimate of drug-likeness (QED) is 0.524. The summed E-state index contributed by atoms with van der Waals surface area (Å²) in [6.07, 6.45) is 1.09. The third-order valence-corrected chi connectivity index (χ3v) is 2.19. The molecule has 2 N–H and O–H groups in total. The highest BCUT2D eigenvalue weighted by atomic mass is 16.5. The molecule has 1 aliphatic rings. The molecule has 0 amide bonds. The SMILES string of the molecule is CC1(C)CCOCC1N. The topological polar surface area (TPSA) is 35.2 Å². The summed E-state index contributed by atoms with van der Waals surface area (Å²) in [5.74, 6) is 0. The van der Waals surface area contributed by atoms with Crippen LogP contribution in [0.1, 0.15) is 20.3 Å². The molecule has 0 aromatic rings. The highest BCUT2D eigenvalue weighted by molar-refractivity contribution is 4.83. The Labute approximate surface area is 56.4 Å². The van der Waals surface area contributed by atoms with Gasteiger partial charge in [0.2, 0.25) is 0 Å². The van der Waals surface area contributed by atoms with Crippen LogP contribution in [0.4, 0.5) is 0 Å². The molecule has 1 fully saturated rings. The molecule has 1 saturated heterocycles. The zero-order valence-electron chi connectivity index (χ0n) is 6.18. The van der Waals surface area contributed by atoms with Gasteiger partial charge in [-0.1, -0.05) is 13.8 Å². The molecule has 9 heavy (non-hydrogen) atoms. The van der Waals surface area contributed by atoms with Crippen molar-refractivity contribution in [1.82, 2.24) is 0 Å². The van der Waals surface area contributed by atoms with Crippen LogP contribution in [0.2, 0.25) is 0 Å². The summed E-state index contributed by atoms with van der Waals surface area (Å²) < 4.78 is 5.19. The zero-order chi connectivity index (χ0) is 6.91. The molecule has 0 aromatic heterocycles. The van der Waals surface area contributed by atoms with Crippen molar-refractivity contribution >= 4 is 0 Å². The summed E-state index contributed by atoms with van der Waals surface area (Å²) in [6, 6.07) is 0.228. The molecule has 0 aliphatic carbocycles. The first kappa shape index (κ1) is 7.03.